The van der Waals surface area contributed by atoms with Crippen molar-refractivity contribution in [3.8, 4) is 0 Å². The van der Waals surface area contributed by atoms with Gasteiger partial charge < -0.3 is 4.90 Å². The second-order valence-corrected chi connectivity index (χ2v) is 8.70. The lowest BCUT2D eigenvalue weighted by atomic mass is 10.1. The highest BCUT2D eigenvalue weighted by atomic mass is 32.2. The van der Waals surface area contributed by atoms with Gasteiger partial charge in [-0.15, -0.1) is 0 Å². The van der Waals surface area contributed by atoms with Crippen molar-refractivity contribution in [3.63, 3.8) is 0 Å². The largest absolute Gasteiger partial charge is 0.304 e. The number of aromatic nitrogens is 1. The lowest BCUT2D eigenvalue weighted by molar-refractivity contribution is 0.222. The van der Waals surface area contributed by atoms with Crippen LogP contribution in [0.5, 0.6) is 0 Å². The predicted molar refractivity (Wildman–Crippen MR) is 108 cm³/mol. The summed E-state index contributed by atoms with van der Waals surface area (Å²) >= 11 is 0. The van der Waals surface area contributed by atoms with Crippen molar-refractivity contribution in [2.24, 2.45) is 5.10 Å². The fraction of sp³-hybridized carbons (Fsp3) is 0.368. The fourth-order valence-electron chi connectivity index (χ4n) is 2.85. The zero-order valence-electron chi connectivity index (χ0n) is 15.9. The zero-order valence-corrected chi connectivity index (χ0v) is 16.7. The Morgan fingerprint density at radius 1 is 1.15 bits per heavy atom. The van der Waals surface area contributed by atoms with Crippen LogP contribution >= 0.6 is 0 Å². The molecular formula is C19H25N5O2S. The number of aryl methyl sites for hydroxylation is 1. The van der Waals surface area contributed by atoms with Gasteiger partial charge in [-0.25, -0.2) is 13.4 Å². The molecule has 2 aromatic rings. The Bertz CT molecular complexity index is 917. The number of hydrazone groups is 1. The van der Waals surface area contributed by atoms with E-state index in [0.717, 1.165) is 24.4 Å². The topological polar surface area (TPSA) is 77.9 Å². The van der Waals surface area contributed by atoms with E-state index >= 15 is 0 Å². The minimum Gasteiger partial charge on any atom is -0.304 e. The van der Waals surface area contributed by atoms with Crippen molar-refractivity contribution in [2.75, 3.05) is 38.7 Å². The van der Waals surface area contributed by atoms with Gasteiger partial charge in [-0.2, -0.15) is 9.41 Å². The average molecular weight is 388 g/mol. The van der Waals surface area contributed by atoms with Crippen molar-refractivity contribution < 1.29 is 8.42 Å². The van der Waals surface area contributed by atoms with Crippen molar-refractivity contribution in [3.05, 3.63) is 53.7 Å². The van der Waals surface area contributed by atoms with Crippen LogP contribution in [-0.2, 0) is 10.0 Å². The van der Waals surface area contributed by atoms with Crippen molar-refractivity contribution >= 4 is 21.6 Å². The summed E-state index contributed by atoms with van der Waals surface area (Å²) in [7, 11) is -1.51. The number of likely N-dealkylation sites (N-methyl/N-ethyl adjacent to an activating group) is 1. The van der Waals surface area contributed by atoms with Crippen LogP contribution < -0.4 is 5.43 Å². The molecule has 0 atom stereocenters. The summed E-state index contributed by atoms with van der Waals surface area (Å²) < 4.78 is 26.9. The monoisotopic (exact) mass is 387 g/mol. The molecule has 0 bridgehead atoms. The molecule has 0 spiro atoms. The molecule has 0 aliphatic carbocycles. The summed E-state index contributed by atoms with van der Waals surface area (Å²) in [4.78, 5) is 6.53. The molecule has 1 saturated heterocycles. The molecular weight excluding hydrogens is 362 g/mol. The molecule has 1 N–H and O–H groups in total. The first-order valence-electron chi connectivity index (χ1n) is 8.88. The van der Waals surface area contributed by atoms with Crippen LogP contribution in [0.15, 0.2) is 52.6 Å². The number of hydrogen-bond donors (Lipinski definition) is 1. The molecule has 27 heavy (non-hydrogen) atoms. The normalized spacial score (nSPS) is 17.1. The van der Waals surface area contributed by atoms with Crippen LogP contribution in [0.2, 0.25) is 0 Å². The van der Waals surface area contributed by atoms with Crippen LogP contribution in [0, 0.1) is 6.92 Å². The second-order valence-electron chi connectivity index (χ2n) is 6.76. The molecule has 0 unspecified atom stereocenters. The number of sulfonamides is 1. The number of piperazine rings is 1. The number of hydrogen-bond acceptors (Lipinski definition) is 6. The van der Waals surface area contributed by atoms with Crippen molar-refractivity contribution in [2.45, 2.75) is 18.7 Å². The smallest absolute Gasteiger partial charge is 0.244 e. The van der Waals surface area contributed by atoms with Crippen molar-refractivity contribution in [1.29, 1.82) is 0 Å². The van der Waals surface area contributed by atoms with Gasteiger partial charge in [-0.05, 0) is 38.6 Å². The van der Waals surface area contributed by atoms with E-state index in [1.54, 1.807) is 12.1 Å². The Morgan fingerprint density at radius 3 is 2.52 bits per heavy atom. The molecule has 1 aromatic heterocycles. The Balaban J connectivity index is 1.69. The molecule has 2 heterocycles. The number of nitrogens with one attached hydrogen (secondary N) is 1. The third kappa shape index (κ3) is 4.71. The van der Waals surface area contributed by atoms with Crippen LogP contribution in [0.25, 0.3) is 0 Å². The molecule has 8 heteroatoms. The van der Waals surface area contributed by atoms with E-state index in [-0.39, 0.29) is 4.90 Å². The van der Waals surface area contributed by atoms with E-state index < -0.39 is 10.0 Å². The van der Waals surface area contributed by atoms with Gasteiger partial charge >= 0.3 is 0 Å². The van der Waals surface area contributed by atoms with E-state index in [4.69, 9.17) is 0 Å². The second kappa shape index (κ2) is 8.16. The number of anilines is 1. The van der Waals surface area contributed by atoms with E-state index in [1.807, 2.05) is 39.1 Å². The number of nitrogens with zero attached hydrogens (tertiary/aromatic N) is 4. The highest BCUT2D eigenvalue weighted by Gasteiger charge is 2.27. The first-order chi connectivity index (χ1) is 12.9. The maximum Gasteiger partial charge on any atom is 0.244 e. The Kier molecular flexibility index (Phi) is 5.88. The Labute approximate surface area is 160 Å². The van der Waals surface area contributed by atoms with Gasteiger partial charge in [0.2, 0.25) is 10.0 Å². The molecule has 144 valence electrons. The van der Waals surface area contributed by atoms with Gasteiger partial charge in [0.05, 0.1) is 5.71 Å². The quantitative estimate of drug-likeness (QED) is 0.628. The first kappa shape index (κ1) is 19.5. The summed E-state index contributed by atoms with van der Waals surface area (Å²) in [6.07, 6.45) is 1.38. The third-order valence-corrected chi connectivity index (χ3v) is 6.49. The summed E-state index contributed by atoms with van der Waals surface area (Å²) in [5.74, 6) is 0.499. The van der Waals surface area contributed by atoms with Crippen molar-refractivity contribution in [1.82, 2.24) is 14.2 Å². The summed E-state index contributed by atoms with van der Waals surface area (Å²) in [6.45, 7) is 6.41. The number of rotatable bonds is 5. The molecule has 1 aliphatic heterocycles. The number of pyridine rings is 1. The maximum absolute atomic E-state index is 12.7. The van der Waals surface area contributed by atoms with Crippen LogP contribution in [0.4, 0.5) is 5.82 Å². The van der Waals surface area contributed by atoms with Gasteiger partial charge in [0.15, 0.2) is 0 Å². The molecule has 7 nitrogen and oxygen atoms in total. The molecule has 0 saturated carbocycles. The molecule has 1 aromatic carbocycles. The highest BCUT2D eigenvalue weighted by Crippen LogP contribution is 2.18. The van der Waals surface area contributed by atoms with E-state index in [2.05, 4.69) is 26.5 Å². The number of benzene rings is 1. The van der Waals surface area contributed by atoms with Crippen LogP contribution in [0.1, 0.15) is 18.1 Å². The lowest BCUT2D eigenvalue weighted by Crippen LogP contribution is -2.47. The highest BCUT2D eigenvalue weighted by molar-refractivity contribution is 7.89. The van der Waals surface area contributed by atoms with Gasteiger partial charge in [0.25, 0.3) is 0 Å². The maximum atomic E-state index is 12.7. The SMILES string of the molecule is C/C(=N\Nc1ccc(S(=O)(=O)N2CCN(C)CC2)cn1)c1cccc(C)c1. The van der Waals surface area contributed by atoms with Gasteiger partial charge in [0.1, 0.15) is 10.7 Å². The zero-order chi connectivity index (χ0) is 19.4. The third-order valence-electron chi connectivity index (χ3n) is 4.61. The average Bonchev–Trinajstić information content (AvgIpc) is 2.67. The molecule has 3 rings (SSSR count). The van der Waals surface area contributed by atoms with E-state index in [1.165, 1.54) is 16.1 Å². The first-order valence-corrected chi connectivity index (χ1v) is 10.3. The molecule has 0 amide bonds. The predicted octanol–water partition coefficient (Wildman–Crippen LogP) is 2.16. The molecule has 1 fully saturated rings. The van der Waals surface area contributed by atoms with E-state index in [9.17, 15) is 8.42 Å². The minimum atomic E-state index is -3.50. The molecule has 0 radical (unpaired) electrons. The summed E-state index contributed by atoms with van der Waals surface area (Å²) in [6, 6.07) is 11.3. The minimum absolute atomic E-state index is 0.206. The van der Waals surface area contributed by atoms with Crippen LogP contribution in [-0.4, -0.2) is 61.5 Å². The molecule has 1 aliphatic rings. The van der Waals surface area contributed by atoms with Gasteiger partial charge in [-0.3, -0.25) is 5.43 Å². The standard InChI is InChI=1S/C19H25N5O2S/c1-15-5-4-6-17(13-15)16(2)21-22-19-8-7-18(14-20-19)27(25,26)24-11-9-23(3)10-12-24/h4-8,13-14H,9-12H2,1-3H3,(H,20,22)/b21-16+. The Hall–Kier alpha value is -2.29. The van der Waals surface area contributed by atoms with Crippen LogP contribution in [0.3, 0.4) is 0 Å². The van der Waals surface area contributed by atoms with E-state index in [0.29, 0.717) is 18.9 Å². The van der Waals surface area contributed by atoms with Gasteiger partial charge in [-0.1, -0.05) is 29.8 Å². The lowest BCUT2D eigenvalue weighted by Gasteiger charge is -2.31. The summed E-state index contributed by atoms with van der Waals surface area (Å²) in [5, 5.41) is 4.33. The summed E-state index contributed by atoms with van der Waals surface area (Å²) in [5.41, 5.74) is 5.91. The fourth-order valence-corrected chi connectivity index (χ4v) is 4.22. The Morgan fingerprint density at radius 2 is 1.89 bits per heavy atom. The van der Waals surface area contributed by atoms with Gasteiger partial charge in [0, 0.05) is 32.4 Å².